The van der Waals surface area contributed by atoms with Gasteiger partial charge >= 0.3 is 0 Å². The molecule has 0 unspecified atom stereocenters. The summed E-state index contributed by atoms with van der Waals surface area (Å²) in [6, 6.07) is 0. The van der Waals surface area contributed by atoms with E-state index in [1.165, 1.54) is 0 Å². The summed E-state index contributed by atoms with van der Waals surface area (Å²) in [7, 11) is 0. The molecule has 1 fully saturated rings. The van der Waals surface area contributed by atoms with Gasteiger partial charge in [-0.3, -0.25) is 22.3 Å². The van der Waals surface area contributed by atoms with E-state index in [2.05, 4.69) is 21.5 Å². The van der Waals surface area contributed by atoms with Crippen LogP contribution in [0.3, 0.4) is 0 Å². The first-order chi connectivity index (χ1) is 4.33. The highest BCUT2D eigenvalue weighted by atomic mass is 15.6. The molecule has 0 aromatic rings. The zero-order valence-electron chi connectivity index (χ0n) is 5.07. The minimum absolute atomic E-state index is 0.667. The third kappa shape index (κ3) is 1.18. The highest BCUT2D eigenvalue weighted by Gasteiger charge is 2.29. The van der Waals surface area contributed by atoms with Gasteiger partial charge < -0.3 is 0 Å². The van der Waals surface area contributed by atoms with Gasteiger partial charge in [0.2, 0.25) is 5.91 Å². The zero-order valence-corrected chi connectivity index (χ0v) is 5.07. The molecule has 1 aliphatic heterocycles. The number of hydrogen-bond acceptors (Lipinski definition) is 6. The van der Waals surface area contributed by atoms with Crippen LogP contribution in [0.15, 0.2) is 0 Å². The largest absolute Gasteiger partial charge is 0.271 e. The molecule has 0 saturated carbocycles. The third-order valence-corrected chi connectivity index (χ3v) is 1.34. The number of hydrazine groups is 2. The van der Waals surface area contributed by atoms with E-state index in [9.17, 15) is 0 Å². The molecule has 0 bridgehead atoms. The van der Waals surface area contributed by atoms with Gasteiger partial charge in [0, 0.05) is 13.1 Å². The molecule has 0 amide bonds. The van der Waals surface area contributed by atoms with Gasteiger partial charge in [0.25, 0.3) is 0 Å². The van der Waals surface area contributed by atoms with Crippen LogP contribution in [0.5, 0.6) is 0 Å². The molecule has 0 radical (unpaired) electrons. The summed E-state index contributed by atoms with van der Waals surface area (Å²) < 4.78 is 0. The topological polar surface area (TPSA) is 100 Å². The number of hydrogen-bond donors (Lipinski definition) is 6. The second-order valence-electron chi connectivity index (χ2n) is 1.89. The highest BCUT2D eigenvalue weighted by molar-refractivity contribution is 4.81. The quantitative estimate of drug-likeness (QED) is 0.134. The van der Waals surface area contributed by atoms with E-state index in [0.717, 1.165) is 13.1 Å². The van der Waals surface area contributed by atoms with Crippen LogP contribution in [0.2, 0.25) is 0 Å². The highest BCUT2D eigenvalue weighted by Crippen LogP contribution is 1.89. The normalized spacial score (nSPS) is 24.7. The van der Waals surface area contributed by atoms with Crippen LogP contribution in [-0.2, 0) is 0 Å². The molecular formula is C3H12N6. The molecule has 1 rings (SSSR count). The first-order valence-electron chi connectivity index (χ1n) is 2.78. The van der Waals surface area contributed by atoms with Crippen molar-refractivity contribution < 1.29 is 0 Å². The third-order valence-electron chi connectivity index (χ3n) is 1.34. The second kappa shape index (κ2) is 2.56. The van der Waals surface area contributed by atoms with Gasteiger partial charge in [0.1, 0.15) is 0 Å². The molecule has 1 aliphatic rings. The van der Waals surface area contributed by atoms with Crippen molar-refractivity contribution in [2.24, 2.45) is 11.7 Å². The average Bonchev–Trinajstić information content (AvgIpc) is 2.36. The van der Waals surface area contributed by atoms with E-state index in [0.29, 0.717) is 0 Å². The Hall–Kier alpha value is -0.240. The minimum atomic E-state index is -0.667. The SMILES string of the molecule is NNC1(NN)NCCN1. The predicted molar refractivity (Wildman–Crippen MR) is 33.4 cm³/mol. The lowest BCUT2D eigenvalue weighted by molar-refractivity contribution is 0.203. The summed E-state index contributed by atoms with van der Waals surface area (Å²) in [5.74, 6) is 9.66. The van der Waals surface area contributed by atoms with Gasteiger partial charge in [0.05, 0.1) is 0 Å². The van der Waals surface area contributed by atoms with Gasteiger partial charge in [0.15, 0.2) is 0 Å². The fraction of sp³-hybridized carbons (Fsp3) is 1.00. The number of nitrogens with one attached hydrogen (secondary N) is 4. The van der Waals surface area contributed by atoms with Gasteiger partial charge in [-0.1, -0.05) is 0 Å². The molecule has 0 aliphatic carbocycles. The Balaban J connectivity index is 2.45. The van der Waals surface area contributed by atoms with Gasteiger partial charge in [-0.05, 0) is 0 Å². The first-order valence-corrected chi connectivity index (χ1v) is 2.78. The molecule has 6 heteroatoms. The van der Waals surface area contributed by atoms with Gasteiger partial charge in [-0.25, -0.2) is 10.9 Å². The van der Waals surface area contributed by atoms with Crippen molar-refractivity contribution in [2.75, 3.05) is 13.1 Å². The van der Waals surface area contributed by atoms with E-state index in [4.69, 9.17) is 11.7 Å². The van der Waals surface area contributed by atoms with E-state index >= 15 is 0 Å². The Bertz CT molecular complexity index is 80.3. The maximum absolute atomic E-state index is 5.16. The van der Waals surface area contributed by atoms with Crippen molar-refractivity contribution in [3.63, 3.8) is 0 Å². The van der Waals surface area contributed by atoms with Crippen LogP contribution in [0, 0.1) is 0 Å². The number of rotatable bonds is 2. The Morgan fingerprint density at radius 2 is 1.56 bits per heavy atom. The molecule has 0 spiro atoms. The van der Waals surface area contributed by atoms with E-state index < -0.39 is 5.91 Å². The van der Waals surface area contributed by atoms with Crippen molar-refractivity contribution in [1.29, 1.82) is 0 Å². The lowest BCUT2D eigenvalue weighted by atomic mass is 10.7. The summed E-state index contributed by atoms with van der Waals surface area (Å²) in [5, 5.41) is 5.97. The smallest absolute Gasteiger partial charge is 0.206 e. The predicted octanol–water partition coefficient (Wildman–Crippen LogP) is -3.28. The standard InChI is InChI=1S/C3H12N6/c4-8-3(9-5)6-1-2-7-3/h6-9H,1-2,4-5H2. The minimum Gasteiger partial charge on any atom is -0.271 e. The molecule has 0 atom stereocenters. The zero-order chi connectivity index (χ0) is 6.74. The van der Waals surface area contributed by atoms with E-state index in [-0.39, 0.29) is 0 Å². The molecule has 54 valence electrons. The molecule has 0 aromatic carbocycles. The van der Waals surface area contributed by atoms with Gasteiger partial charge in [-0.2, -0.15) is 0 Å². The summed E-state index contributed by atoms with van der Waals surface area (Å²) in [4.78, 5) is 0. The summed E-state index contributed by atoms with van der Waals surface area (Å²) in [5.41, 5.74) is 4.94. The fourth-order valence-corrected chi connectivity index (χ4v) is 0.808. The lowest BCUT2D eigenvalue weighted by Crippen LogP contribution is -2.74. The Morgan fingerprint density at radius 1 is 1.11 bits per heavy atom. The van der Waals surface area contributed by atoms with Gasteiger partial charge in [-0.15, -0.1) is 0 Å². The monoisotopic (exact) mass is 132 g/mol. The molecular weight excluding hydrogens is 120 g/mol. The number of nitrogens with two attached hydrogens (primary N) is 2. The molecule has 0 aromatic heterocycles. The lowest BCUT2D eigenvalue weighted by Gasteiger charge is -2.26. The molecule has 6 nitrogen and oxygen atoms in total. The van der Waals surface area contributed by atoms with Crippen molar-refractivity contribution in [3.8, 4) is 0 Å². The van der Waals surface area contributed by atoms with Crippen LogP contribution >= 0.6 is 0 Å². The second-order valence-corrected chi connectivity index (χ2v) is 1.89. The Labute approximate surface area is 53.3 Å². The summed E-state index contributed by atoms with van der Waals surface area (Å²) in [6.45, 7) is 1.68. The molecule has 9 heavy (non-hydrogen) atoms. The van der Waals surface area contributed by atoms with Crippen molar-refractivity contribution in [1.82, 2.24) is 21.5 Å². The first kappa shape index (κ1) is 6.87. The summed E-state index contributed by atoms with van der Waals surface area (Å²) in [6.07, 6.45) is 0. The maximum Gasteiger partial charge on any atom is 0.206 e. The molecule has 8 N–H and O–H groups in total. The Morgan fingerprint density at radius 3 is 1.78 bits per heavy atom. The van der Waals surface area contributed by atoms with Crippen LogP contribution in [0.4, 0.5) is 0 Å². The van der Waals surface area contributed by atoms with Crippen molar-refractivity contribution in [2.45, 2.75) is 5.91 Å². The van der Waals surface area contributed by atoms with E-state index in [1.807, 2.05) is 0 Å². The molecule has 1 heterocycles. The van der Waals surface area contributed by atoms with Crippen LogP contribution < -0.4 is 33.2 Å². The summed E-state index contributed by atoms with van der Waals surface area (Å²) >= 11 is 0. The van der Waals surface area contributed by atoms with Crippen LogP contribution in [-0.4, -0.2) is 19.0 Å². The fourth-order valence-electron chi connectivity index (χ4n) is 0.808. The maximum atomic E-state index is 5.16. The van der Waals surface area contributed by atoms with Crippen molar-refractivity contribution >= 4 is 0 Å². The van der Waals surface area contributed by atoms with Crippen molar-refractivity contribution in [3.05, 3.63) is 0 Å². The van der Waals surface area contributed by atoms with E-state index in [1.54, 1.807) is 0 Å². The Kier molecular flexibility index (Phi) is 1.96. The van der Waals surface area contributed by atoms with Crippen LogP contribution in [0.25, 0.3) is 0 Å². The molecule has 1 saturated heterocycles. The average molecular weight is 132 g/mol. The van der Waals surface area contributed by atoms with Crippen LogP contribution in [0.1, 0.15) is 0 Å².